The standard InChI is InChI=1S/C17H10ClNO3/c18-14-8-7-11(4-3-9-20)10-15(14)19-16(21)12-5-1-2-6-13(12)17(19)22/h1-2,5-8,10,20H,9H2. The first kappa shape index (κ1) is 14.3. The smallest absolute Gasteiger partial charge is 0.266 e. The maximum Gasteiger partial charge on any atom is 0.266 e. The van der Waals surface area contributed by atoms with Crippen LogP contribution in [0.3, 0.4) is 0 Å². The minimum atomic E-state index is -0.408. The van der Waals surface area contributed by atoms with Crippen LogP contribution in [0.1, 0.15) is 26.3 Å². The van der Waals surface area contributed by atoms with Gasteiger partial charge in [-0.1, -0.05) is 35.6 Å². The summed E-state index contributed by atoms with van der Waals surface area (Å²) in [5.41, 5.74) is 1.56. The zero-order valence-corrected chi connectivity index (χ0v) is 12.1. The molecule has 0 unspecified atom stereocenters. The van der Waals surface area contributed by atoms with E-state index in [0.717, 1.165) is 4.90 Å². The molecule has 4 nitrogen and oxygen atoms in total. The third kappa shape index (κ3) is 2.27. The molecule has 0 aliphatic carbocycles. The molecule has 0 fully saturated rings. The number of anilines is 1. The second kappa shape index (κ2) is 5.64. The molecular weight excluding hydrogens is 302 g/mol. The van der Waals surface area contributed by atoms with Crippen LogP contribution in [0.25, 0.3) is 0 Å². The van der Waals surface area contributed by atoms with Crippen LogP contribution in [-0.2, 0) is 0 Å². The van der Waals surface area contributed by atoms with Gasteiger partial charge in [-0.2, -0.15) is 0 Å². The van der Waals surface area contributed by atoms with E-state index in [0.29, 0.717) is 16.7 Å². The highest BCUT2D eigenvalue weighted by Crippen LogP contribution is 2.33. The summed E-state index contributed by atoms with van der Waals surface area (Å²) in [4.78, 5) is 26.0. The number of fused-ring (bicyclic) bond motifs is 1. The molecule has 0 atom stereocenters. The Morgan fingerprint density at radius 3 is 2.27 bits per heavy atom. The van der Waals surface area contributed by atoms with Gasteiger partial charge < -0.3 is 5.11 Å². The van der Waals surface area contributed by atoms with Gasteiger partial charge in [-0.05, 0) is 30.3 Å². The number of aliphatic hydroxyl groups excluding tert-OH is 1. The third-order valence-electron chi connectivity index (χ3n) is 3.29. The molecule has 5 heteroatoms. The number of rotatable bonds is 1. The van der Waals surface area contributed by atoms with Crippen molar-refractivity contribution in [2.24, 2.45) is 0 Å². The van der Waals surface area contributed by atoms with Crippen molar-refractivity contribution in [3.8, 4) is 11.8 Å². The molecule has 0 spiro atoms. The zero-order chi connectivity index (χ0) is 15.7. The number of hydrogen-bond acceptors (Lipinski definition) is 3. The summed E-state index contributed by atoms with van der Waals surface area (Å²) in [5, 5.41) is 9.03. The van der Waals surface area contributed by atoms with Crippen molar-refractivity contribution >= 4 is 29.1 Å². The Balaban J connectivity index is 2.09. The molecular formula is C17H10ClNO3. The van der Waals surface area contributed by atoms with E-state index in [2.05, 4.69) is 11.8 Å². The second-order valence-electron chi connectivity index (χ2n) is 4.62. The van der Waals surface area contributed by atoms with Crippen LogP contribution in [-0.4, -0.2) is 23.5 Å². The lowest BCUT2D eigenvalue weighted by molar-refractivity contribution is 0.0926. The van der Waals surface area contributed by atoms with Gasteiger partial charge in [-0.15, -0.1) is 0 Å². The SMILES string of the molecule is O=C1c2ccccc2C(=O)N1c1cc(C#CCO)ccc1Cl. The molecule has 0 saturated heterocycles. The van der Waals surface area contributed by atoms with E-state index in [1.54, 1.807) is 42.5 Å². The van der Waals surface area contributed by atoms with Crippen LogP contribution in [0, 0.1) is 11.8 Å². The minimum Gasteiger partial charge on any atom is -0.384 e. The number of benzene rings is 2. The highest BCUT2D eigenvalue weighted by molar-refractivity contribution is 6.39. The van der Waals surface area contributed by atoms with Crippen molar-refractivity contribution in [3.63, 3.8) is 0 Å². The van der Waals surface area contributed by atoms with Crippen LogP contribution in [0.15, 0.2) is 42.5 Å². The first-order valence-corrected chi connectivity index (χ1v) is 6.88. The summed E-state index contributed by atoms with van der Waals surface area (Å²) in [6.07, 6.45) is 0. The normalized spacial score (nSPS) is 12.9. The molecule has 1 heterocycles. The molecule has 0 radical (unpaired) electrons. The molecule has 2 aromatic rings. The average molecular weight is 312 g/mol. The average Bonchev–Trinajstić information content (AvgIpc) is 2.79. The summed E-state index contributed by atoms with van der Waals surface area (Å²) in [6, 6.07) is 11.4. The minimum absolute atomic E-state index is 0.273. The molecule has 2 amide bonds. The molecule has 0 bridgehead atoms. The van der Waals surface area contributed by atoms with Crippen molar-refractivity contribution in [1.29, 1.82) is 0 Å². The third-order valence-corrected chi connectivity index (χ3v) is 3.61. The van der Waals surface area contributed by atoms with Gasteiger partial charge in [0, 0.05) is 5.56 Å². The van der Waals surface area contributed by atoms with Crippen LogP contribution in [0.2, 0.25) is 5.02 Å². The molecule has 0 aromatic heterocycles. The number of carbonyl (C=O) groups excluding carboxylic acids is 2. The lowest BCUT2D eigenvalue weighted by Gasteiger charge is -2.15. The highest BCUT2D eigenvalue weighted by atomic mass is 35.5. The molecule has 22 heavy (non-hydrogen) atoms. The Kier molecular flexibility index (Phi) is 3.68. The summed E-state index contributed by atoms with van der Waals surface area (Å²) in [5.74, 6) is 4.43. The van der Waals surface area contributed by atoms with Crippen LogP contribution >= 0.6 is 11.6 Å². The van der Waals surface area contributed by atoms with Gasteiger partial charge in [0.05, 0.1) is 21.8 Å². The van der Waals surface area contributed by atoms with Gasteiger partial charge in [-0.3, -0.25) is 9.59 Å². The summed E-state index contributed by atoms with van der Waals surface area (Å²) >= 11 is 6.14. The Morgan fingerprint density at radius 1 is 1.05 bits per heavy atom. The largest absolute Gasteiger partial charge is 0.384 e. The molecule has 1 aliphatic heterocycles. The fourth-order valence-corrected chi connectivity index (χ4v) is 2.51. The van der Waals surface area contributed by atoms with E-state index in [9.17, 15) is 9.59 Å². The van der Waals surface area contributed by atoms with E-state index >= 15 is 0 Å². The number of aliphatic hydroxyl groups is 1. The molecule has 1 N–H and O–H groups in total. The van der Waals surface area contributed by atoms with Crippen LogP contribution < -0.4 is 4.90 Å². The van der Waals surface area contributed by atoms with Gasteiger partial charge in [0.1, 0.15) is 6.61 Å². The van der Waals surface area contributed by atoms with E-state index in [4.69, 9.17) is 16.7 Å². The van der Waals surface area contributed by atoms with E-state index in [-0.39, 0.29) is 17.3 Å². The first-order valence-electron chi connectivity index (χ1n) is 6.50. The first-order chi connectivity index (χ1) is 10.6. The molecule has 0 saturated carbocycles. The van der Waals surface area contributed by atoms with Crippen molar-refractivity contribution in [3.05, 3.63) is 64.2 Å². The van der Waals surface area contributed by atoms with E-state index in [1.165, 1.54) is 0 Å². The van der Waals surface area contributed by atoms with E-state index in [1.807, 2.05) is 0 Å². The molecule has 2 aromatic carbocycles. The fraction of sp³-hybridized carbons (Fsp3) is 0.0588. The Labute approximate surface area is 131 Å². The number of imide groups is 1. The Hall–Kier alpha value is -2.61. The predicted octanol–water partition coefficient (Wildman–Crippen LogP) is 2.48. The topological polar surface area (TPSA) is 57.6 Å². The highest BCUT2D eigenvalue weighted by Gasteiger charge is 2.37. The molecule has 108 valence electrons. The zero-order valence-electron chi connectivity index (χ0n) is 11.3. The van der Waals surface area contributed by atoms with Gasteiger partial charge in [0.25, 0.3) is 11.8 Å². The summed E-state index contributed by atoms with van der Waals surface area (Å²) < 4.78 is 0. The van der Waals surface area contributed by atoms with Crippen LogP contribution in [0.5, 0.6) is 0 Å². The monoisotopic (exact) mass is 311 g/mol. The van der Waals surface area contributed by atoms with Gasteiger partial charge >= 0.3 is 0 Å². The predicted molar refractivity (Wildman–Crippen MR) is 83.0 cm³/mol. The fourth-order valence-electron chi connectivity index (χ4n) is 2.31. The van der Waals surface area contributed by atoms with E-state index < -0.39 is 11.8 Å². The lowest BCUT2D eigenvalue weighted by atomic mass is 10.1. The maximum absolute atomic E-state index is 12.5. The Bertz CT molecular complexity index is 813. The quantitative estimate of drug-likeness (QED) is 0.650. The van der Waals surface area contributed by atoms with Crippen molar-refractivity contribution in [2.45, 2.75) is 0 Å². The number of amides is 2. The summed E-state index contributed by atoms with van der Waals surface area (Å²) in [7, 11) is 0. The van der Waals surface area contributed by atoms with Gasteiger partial charge in [0.15, 0.2) is 0 Å². The number of carbonyl (C=O) groups is 2. The van der Waals surface area contributed by atoms with Crippen molar-refractivity contribution in [2.75, 3.05) is 11.5 Å². The van der Waals surface area contributed by atoms with Crippen molar-refractivity contribution in [1.82, 2.24) is 0 Å². The van der Waals surface area contributed by atoms with Crippen molar-refractivity contribution < 1.29 is 14.7 Å². The van der Waals surface area contributed by atoms with Gasteiger partial charge in [0.2, 0.25) is 0 Å². The molecule has 3 rings (SSSR count). The molecule has 1 aliphatic rings. The summed E-state index contributed by atoms with van der Waals surface area (Å²) in [6.45, 7) is -0.273. The second-order valence-corrected chi connectivity index (χ2v) is 5.02. The maximum atomic E-state index is 12.5. The number of nitrogens with zero attached hydrogens (tertiary/aromatic N) is 1. The van der Waals surface area contributed by atoms with Crippen LogP contribution in [0.4, 0.5) is 5.69 Å². The number of hydrogen-bond donors (Lipinski definition) is 1. The van der Waals surface area contributed by atoms with Gasteiger partial charge in [-0.25, -0.2) is 4.90 Å². The number of halogens is 1. The Morgan fingerprint density at radius 2 is 1.68 bits per heavy atom. The lowest BCUT2D eigenvalue weighted by Crippen LogP contribution is -2.29.